The van der Waals surface area contributed by atoms with E-state index in [1.54, 1.807) is 0 Å². The molecule has 3 aromatic rings. The molecule has 1 aliphatic carbocycles. The van der Waals surface area contributed by atoms with E-state index in [-0.39, 0.29) is 40.7 Å². The molecule has 3 N–H and O–H groups in total. The standard InChI is InChI=1S/C24H22F2N6O5S/c1-36-18-11-28-17(22(25)26)8-15(18)14-9-19(27-6-7-37-12-21(33)34)29-10-16(14)23(35)30-24-32-31-20(38-24)5-4-13-2-3-13/h8-11,13,22H,2-3,6-7,12H2,1H3,(H,27,29)(H,33,34)(H,30,32,35). The van der Waals surface area contributed by atoms with Gasteiger partial charge in [-0.05, 0) is 30.9 Å². The zero-order valence-corrected chi connectivity index (χ0v) is 20.8. The molecule has 0 saturated heterocycles. The van der Waals surface area contributed by atoms with Crippen LogP contribution in [0.1, 0.15) is 40.3 Å². The average molecular weight is 545 g/mol. The van der Waals surface area contributed by atoms with E-state index in [9.17, 15) is 18.4 Å². The van der Waals surface area contributed by atoms with Gasteiger partial charge < -0.3 is 19.9 Å². The third kappa shape index (κ3) is 7.17. The molecule has 0 aliphatic heterocycles. The number of carboxylic acids is 1. The van der Waals surface area contributed by atoms with Crippen molar-refractivity contribution >= 4 is 34.2 Å². The summed E-state index contributed by atoms with van der Waals surface area (Å²) in [5, 5.41) is 22.9. The molecule has 4 rings (SSSR count). The highest BCUT2D eigenvalue weighted by molar-refractivity contribution is 7.15. The van der Waals surface area contributed by atoms with E-state index in [1.807, 2.05) is 0 Å². The van der Waals surface area contributed by atoms with Gasteiger partial charge in [-0.25, -0.2) is 18.6 Å². The van der Waals surface area contributed by atoms with Gasteiger partial charge in [-0.1, -0.05) is 17.3 Å². The summed E-state index contributed by atoms with van der Waals surface area (Å²) in [5.74, 6) is 5.16. The highest BCUT2D eigenvalue weighted by Crippen LogP contribution is 2.36. The second kappa shape index (κ2) is 12.3. The van der Waals surface area contributed by atoms with Gasteiger partial charge in [0.1, 0.15) is 23.9 Å². The Morgan fingerprint density at radius 3 is 2.74 bits per heavy atom. The maximum atomic E-state index is 13.5. The second-order valence-electron chi connectivity index (χ2n) is 8.01. The number of hydrogen-bond acceptors (Lipinski definition) is 10. The molecule has 0 spiro atoms. The highest BCUT2D eigenvalue weighted by Gasteiger charge is 2.22. The number of nitrogens with one attached hydrogen (secondary N) is 2. The summed E-state index contributed by atoms with van der Waals surface area (Å²) in [5.41, 5.74) is 0.00130. The van der Waals surface area contributed by atoms with Gasteiger partial charge in [0.05, 0.1) is 25.5 Å². The lowest BCUT2D eigenvalue weighted by Gasteiger charge is -2.15. The van der Waals surface area contributed by atoms with Crippen molar-refractivity contribution in [2.75, 3.05) is 37.5 Å². The molecule has 0 unspecified atom stereocenters. The smallest absolute Gasteiger partial charge is 0.329 e. The van der Waals surface area contributed by atoms with E-state index < -0.39 is 30.6 Å². The molecule has 1 saturated carbocycles. The number of aromatic nitrogens is 4. The van der Waals surface area contributed by atoms with Crippen LogP contribution in [0.15, 0.2) is 24.5 Å². The van der Waals surface area contributed by atoms with Crippen LogP contribution in [0.4, 0.5) is 19.7 Å². The molecule has 0 bridgehead atoms. The quantitative estimate of drug-likeness (QED) is 0.242. The SMILES string of the molecule is COc1cnc(C(F)F)cc1-c1cc(NCCOCC(=O)O)ncc1C(=O)Nc1nnc(C#CC2CC2)s1. The largest absolute Gasteiger partial charge is 0.494 e. The Balaban J connectivity index is 1.62. The summed E-state index contributed by atoms with van der Waals surface area (Å²) in [6, 6.07) is 2.64. The number of halogens is 2. The van der Waals surface area contributed by atoms with E-state index in [0.717, 1.165) is 36.4 Å². The van der Waals surface area contributed by atoms with Crippen molar-refractivity contribution in [2.24, 2.45) is 5.92 Å². The first-order chi connectivity index (χ1) is 18.3. The molecule has 1 aliphatic rings. The maximum Gasteiger partial charge on any atom is 0.329 e. The van der Waals surface area contributed by atoms with Crippen LogP contribution >= 0.6 is 11.3 Å². The van der Waals surface area contributed by atoms with Crippen LogP contribution < -0.4 is 15.4 Å². The topological polar surface area (TPSA) is 148 Å². The van der Waals surface area contributed by atoms with Gasteiger partial charge in [-0.2, -0.15) is 0 Å². The summed E-state index contributed by atoms with van der Waals surface area (Å²) >= 11 is 1.11. The van der Waals surface area contributed by atoms with Crippen LogP contribution in [0.2, 0.25) is 0 Å². The third-order valence-electron chi connectivity index (χ3n) is 5.15. The lowest BCUT2D eigenvalue weighted by atomic mass is 10.00. The lowest BCUT2D eigenvalue weighted by Crippen LogP contribution is -2.16. The number of nitrogens with zero attached hydrogens (tertiary/aromatic N) is 4. The number of aliphatic carboxylic acids is 1. The van der Waals surface area contributed by atoms with Gasteiger partial charge in [0.15, 0.2) is 5.01 Å². The normalized spacial score (nSPS) is 12.5. The number of carbonyl (C=O) groups is 2. The van der Waals surface area contributed by atoms with Gasteiger partial charge in [0, 0.05) is 29.8 Å². The van der Waals surface area contributed by atoms with Crippen molar-refractivity contribution in [3.05, 3.63) is 40.8 Å². The highest BCUT2D eigenvalue weighted by atomic mass is 32.1. The molecular weight excluding hydrogens is 522 g/mol. The number of pyridine rings is 2. The fourth-order valence-corrected chi connectivity index (χ4v) is 3.80. The Morgan fingerprint density at radius 1 is 1.21 bits per heavy atom. The Bertz CT molecular complexity index is 1390. The van der Waals surface area contributed by atoms with E-state index in [1.165, 1.54) is 19.4 Å². The van der Waals surface area contributed by atoms with E-state index >= 15 is 0 Å². The summed E-state index contributed by atoms with van der Waals surface area (Å²) in [7, 11) is 1.36. The summed E-state index contributed by atoms with van der Waals surface area (Å²) in [6.07, 6.45) is 1.72. The predicted octanol–water partition coefficient (Wildman–Crippen LogP) is 3.47. The number of anilines is 2. The molecule has 0 atom stereocenters. The molecular formula is C24H22F2N6O5S. The minimum Gasteiger partial charge on any atom is -0.494 e. The maximum absolute atomic E-state index is 13.5. The molecule has 0 aromatic carbocycles. The number of carbonyl (C=O) groups excluding carboxylic acids is 1. The minimum absolute atomic E-state index is 0.0585. The number of amides is 1. The van der Waals surface area contributed by atoms with Gasteiger partial charge in [-0.15, -0.1) is 10.2 Å². The van der Waals surface area contributed by atoms with Crippen LogP contribution in [0.3, 0.4) is 0 Å². The van der Waals surface area contributed by atoms with E-state index in [0.29, 0.717) is 16.7 Å². The van der Waals surface area contributed by atoms with Gasteiger partial charge >= 0.3 is 5.97 Å². The van der Waals surface area contributed by atoms with Crippen molar-refractivity contribution in [3.63, 3.8) is 0 Å². The zero-order chi connectivity index (χ0) is 27.1. The van der Waals surface area contributed by atoms with Crippen molar-refractivity contribution < 1.29 is 33.0 Å². The molecule has 198 valence electrons. The van der Waals surface area contributed by atoms with Gasteiger partial charge in [-0.3, -0.25) is 15.1 Å². The molecule has 3 heterocycles. The number of alkyl halides is 2. The lowest BCUT2D eigenvalue weighted by molar-refractivity contribution is -0.142. The van der Waals surface area contributed by atoms with Crippen LogP contribution in [-0.4, -0.2) is 64.0 Å². The summed E-state index contributed by atoms with van der Waals surface area (Å²) in [6.45, 7) is -0.178. The molecule has 38 heavy (non-hydrogen) atoms. The Hall–Kier alpha value is -4.22. The number of ether oxygens (including phenoxy) is 2. The van der Waals surface area contributed by atoms with Crippen molar-refractivity contribution in [1.82, 2.24) is 20.2 Å². The average Bonchev–Trinajstić information content (AvgIpc) is 3.63. The zero-order valence-electron chi connectivity index (χ0n) is 20.0. The summed E-state index contributed by atoms with van der Waals surface area (Å²) < 4.78 is 37.2. The van der Waals surface area contributed by atoms with E-state index in [4.69, 9.17) is 14.6 Å². The molecule has 14 heteroatoms. The first kappa shape index (κ1) is 26.8. The van der Waals surface area contributed by atoms with Crippen molar-refractivity contribution in [2.45, 2.75) is 19.3 Å². The van der Waals surface area contributed by atoms with Crippen molar-refractivity contribution in [1.29, 1.82) is 0 Å². The van der Waals surface area contributed by atoms with Gasteiger partial charge in [0.25, 0.3) is 12.3 Å². The number of methoxy groups -OCH3 is 1. The molecule has 11 nitrogen and oxygen atoms in total. The molecule has 3 aromatic heterocycles. The van der Waals surface area contributed by atoms with Crippen molar-refractivity contribution in [3.8, 4) is 28.7 Å². The molecule has 1 amide bonds. The predicted molar refractivity (Wildman–Crippen MR) is 133 cm³/mol. The summed E-state index contributed by atoms with van der Waals surface area (Å²) in [4.78, 5) is 31.8. The minimum atomic E-state index is -2.85. The number of carboxylic acid groups (broad SMARTS) is 1. The fourth-order valence-electron chi connectivity index (χ4n) is 3.20. The molecule has 1 fully saturated rings. The number of rotatable bonds is 11. The Morgan fingerprint density at radius 2 is 2.03 bits per heavy atom. The van der Waals surface area contributed by atoms with Crippen LogP contribution in [0, 0.1) is 17.8 Å². The second-order valence-corrected chi connectivity index (χ2v) is 8.99. The fraction of sp³-hybridized carbons (Fsp3) is 0.333. The number of hydrogen-bond donors (Lipinski definition) is 3. The van der Waals surface area contributed by atoms with Crippen LogP contribution in [0.5, 0.6) is 5.75 Å². The Labute approximate surface area is 219 Å². The third-order valence-corrected chi connectivity index (χ3v) is 5.91. The van der Waals surface area contributed by atoms with Crippen LogP contribution in [-0.2, 0) is 9.53 Å². The monoisotopic (exact) mass is 544 g/mol. The Kier molecular flexibility index (Phi) is 8.72. The van der Waals surface area contributed by atoms with E-state index in [2.05, 4.69) is 42.6 Å². The first-order valence-corrected chi connectivity index (χ1v) is 12.2. The van der Waals surface area contributed by atoms with Gasteiger partial charge in [0.2, 0.25) is 5.13 Å². The first-order valence-electron chi connectivity index (χ1n) is 11.4. The molecule has 0 radical (unpaired) electrons. The van der Waals surface area contributed by atoms with Crippen LogP contribution in [0.25, 0.3) is 11.1 Å².